The van der Waals surface area contributed by atoms with E-state index in [1.54, 1.807) is 17.0 Å². The molecule has 1 saturated heterocycles. The minimum Gasteiger partial charge on any atom is -0.374 e. The topological polar surface area (TPSA) is 66.5 Å². The number of hydrogen-bond acceptors (Lipinski definition) is 4. The highest BCUT2D eigenvalue weighted by atomic mass is 79.9. The van der Waals surface area contributed by atoms with Gasteiger partial charge in [0.2, 0.25) is 5.91 Å². The van der Waals surface area contributed by atoms with Gasteiger partial charge in [-0.25, -0.2) is 12.8 Å². The van der Waals surface area contributed by atoms with Crippen LogP contribution in [0.1, 0.15) is 38.5 Å². The van der Waals surface area contributed by atoms with Gasteiger partial charge in [-0.2, -0.15) is 0 Å². The van der Waals surface area contributed by atoms with Crippen molar-refractivity contribution in [3.63, 3.8) is 0 Å². The Balaban J connectivity index is 1.71. The van der Waals surface area contributed by atoms with Gasteiger partial charge in [0, 0.05) is 16.6 Å². The highest BCUT2D eigenvalue weighted by Crippen LogP contribution is 2.28. The van der Waals surface area contributed by atoms with Crippen molar-refractivity contribution >= 4 is 37.4 Å². The lowest BCUT2D eigenvalue weighted by molar-refractivity contribution is -0.134. The zero-order valence-corrected chi connectivity index (χ0v) is 17.0. The molecule has 1 atom stereocenters. The van der Waals surface area contributed by atoms with Gasteiger partial charge in [0.25, 0.3) is 0 Å². The molecule has 8 heteroatoms. The molecule has 0 spiro atoms. The zero-order chi connectivity index (χ0) is 18.7. The maximum atomic E-state index is 14.0. The summed E-state index contributed by atoms with van der Waals surface area (Å²) in [5, 5.41) is 2.87. The second-order valence-corrected chi connectivity index (χ2v) is 10.3. The third kappa shape index (κ3) is 4.76. The van der Waals surface area contributed by atoms with Crippen molar-refractivity contribution in [3.8, 4) is 0 Å². The Kier molecular flexibility index (Phi) is 6.22. The lowest BCUT2D eigenvalue weighted by atomic mass is 9.93. The third-order valence-electron chi connectivity index (χ3n) is 5.22. The van der Waals surface area contributed by atoms with E-state index < -0.39 is 15.7 Å². The molecule has 1 aromatic carbocycles. The highest BCUT2D eigenvalue weighted by Gasteiger charge is 2.38. The van der Waals surface area contributed by atoms with Crippen LogP contribution < -0.4 is 5.32 Å². The smallest absolute Gasteiger partial charge is 0.242 e. The molecular formula is C18H24BrFN2O3S. The Morgan fingerprint density at radius 3 is 2.54 bits per heavy atom. The van der Waals surface area contributed by atoms with Crippen molar-refractivity contribution in [2.45, 2.75) is 50.6 Å². The van der Waals surface area contributed by atoms with Crippen molar-refractivity contribution in [3.05, 3.63) is 28.5 Å². The lowest BCUT2D eigenvalue weighted by Crippen LogP contribution is -2.50. The fourth-order valence-electron chi connectivity index (χ4n) is 3.95. The molecule has 1 aliphatic heterocycles. The molecule has 0 aromatic heterocycles. The van der Waals surface area contributed by atoms with Gasteiger partial charge in [0.05, 0.1) is 23.7 Å². The first-order chi connectivity index (χ1) is 12.4. The fraction of sp³-hybridized carbons (Fsp3) is 0.611. The van der Waals surface area contributed by atoms with Gasteiger partial charge < -0.3 is 10.2 Å². The van der Waals surface area contributed by atoms with Crippen LogP contribution in [-0.2, 0) is 14.6 Å². The van der Waals surface area contributed by atoms with Crippen molar-refractivity contribution < 1.29 is 17.6 Å². The summed E-state index contributed by atoms with van der Waals surface area (Å²) < 4.78 is 38.4. The van der Waals surface area contributed by atoms with E-state index in [0.717, 1.165) is 32.1 Å². The van der Waals surface area contributed by atoms with E-state index >= 15 is 0 Å². The summed E-state index contributed by atoms with van der Waals surface area (Å²) in [4.78, 5) is 14.7. The number of carbonyl (C=O) groups is 1. The van der Waals surface area contributed by atoms with E-state index in [4.69, 9.17) is 0 Å². The average Bonchev–Trinajstić information content (AvgIpc) is 2.95. The summed E-state index contributed by atoms with van der Waals surface area (Å²) in [5.41, 5.74) is 0.268. The number of benzene rings is 1. The molecule has 3 rings (SSSR count). The van der Waals surface area contributed by atoms with Crippen LogP contribution in [0.3, 0.4) is 0 Å². The molecule has 2 fully saturated rings. The number of anilines is 1. The third-order valence-corrected chi connectivity index (χ3v) is 7.46. The lowest BCUT2D eigenvalue weighted by Gasteiger charge is -2.38. The van der Waals surface area contributed by atoms with E-state index in [0.29, 0.717) is 10.9 Å². The van der Waals surface area contributed by atoms with Crippen molar-refractivity contribution in [1.82, 2.24) is 4.90 Å². The van der Waals surface area contributed by atoms with Crippen LogP contribution in [-0.4, -0.2) is 49.4 Å². The molecule has 1 aliphatic carbocycles. The van der Waals surface area contributed by atoms with Crippen molar-refractivity contribution in [2.75, 3.05) is 23.4 Å². The van der Waals surface area contributed by atoms with Gasteiger partial charge in [-0.15, -0.1) is 0 Å². The molecule has 1 N–H and O–H groups in total. The van der Waals surface area contributed by atoms with Crippen LogP contribution >= 0.6 is 15.9 Å². The number of carbonyl (C=O) groups excluding carboxylic acids is 1. The summed E-state index contributed by atoms with van der Waals surface area (Å²) in [7, 11) is -3.07. The number of hydrogen-bond donors (Lipinski definition) is 1. The minimum atomic E-state index is -3.07. The average molecular weight is 447 g/mol. The summed E-state index contributed by atoms with van der Waals surface area (Å²) in [6.07, 6.45) is 5.59. The van der Waals surface area contributed by atoms with Gasteiger partial charge in [0.15, 0.2) is 9.84 Å². The molecule has 1 saturated carbocycles. The Bertz CT molecular complexity index is 766. The van der Waals surface area contributed by atoms with E-state index in [2.05, 4.69) is 21.2 Å². The molecule has 144 valence electrons. The van der Waals surface area contributed by atoms with Crippen LogP contribution in [0.4, 0.5) is 10.1 Å². The first-order valence-electron chi connectivity index (χ1n) is 9.06. The molecule has 1 aromatic rings. The van der Waals surface area contributed by atoms with Crippen LogP contribution in [0.15, 0.2) is 22.7 Å². The molecule has 2 aliphatic rings. The van der Waals surface area contributed by atoms with Gasteiger partial charge >= 0.3 is 0 Å². The maximum Gasteiger partial charge on any atom is 0.242 e. The molecule has 0 unspecified atom stereocenters. The van der Waals surface area contributed by atoms with E-state index in [9.17, 15) is 17.6 Å². The first kappa shape index (κ1) is 19.6. The Hall–Kier alpha value is -1.15. The van der Waals surface area contributed by atoms with Gasteiger partial charge in [-0.05, 0) is 37.5 Å². The van der Waals surface area contributed by atoms with E-state index in [1.165, 1.54) is 6.07 Å². The van der Waals surface area contributed by atoms with Gasteiger partial charge in [-0.1, -0.05) is 35.2 Å². The standard InChI is InChI=1S/C18H24BrFN2O3S/c19-13-6-7-17(16(20)10-13)21-11-18(23)22(14-4-2-1-3-5-14)15-8-9-26(24,25)12-15/h6-7,10,14-15,21H,1-5,8-9,11-12H2/t15-/m1/s1. The summed E-state index contributed by atoms with van der Waals surface area (Å²) in [5.74, 6) is -0.397. The Labute approximate surface area is 162 Å². The first-order valence-corrected chi connectivity index (χ1v) is 11.7. The molecular weight excluding hydrogens is 423 g/mol. The second kappa shape index (κ2) is 8.25. The number of sulfone groups is 1. The maximum absolute atomic E-state index is 14.0. The number of nitrogens with one attached hydrogen (secondary N) is 1. The number of rotatable bonds is 5. The Morgan fingerprint density at radius 2 is 1.92 bits per heavy atom. The predicted octanol–water partition coefficient (Wildman–Crippen LogP) is 3.35. The molecule has 0 bridgehead atoms. The van der Waals surface area contributed by atoms with Gasteiger partial charge in [0.1, 0.15) is 5.82 Å². The number of nitrogens with zero attached hydrogens (tertiary/aromatic N) is 1. The molecule has 1 amide bonds. The predicted molar refractivity (Wildman–Crippen MR) is 103 cm³/mol. The summed E-state index contributed by atoms with van der Waals surface area (Å²) in [6, 6.07) is 4.46. The molecule has 1 heterocycles. The second-order valence-electron chi connectivity index (χ2n) is 7.13. The van der Waals surface area contributed by atoms with Crippen LogP contribution in [0, 0.1) is 5.82 Å². The minimum absolute atomic E-state index is 0.0361. The van der Waals surface area contributed by atoms with Crippen LogP contribution in [0.25, 0.3) is 0 Å². The molecule has 0 radical (unpaired) electrons. The Morgan fingerprint density at radius 1 is 1.19 bits per heavy atom. The summed E-state index contributed by atoms with van der Waals surface area (Å²) >= 11 is 3.21. The van der Waals surface area contributed by atoms with Gasteiger partial charge in [-0.3, -0.25) is 4.79 Å². The zero-order valence-electron chi connectivity index (χ0n) is 14.6. The number of amides is 1. The molecule has 5 nitrogen and oxygen atoms in total. The molecule has 26 heavy (non-hydrogen) atoms. The monoisotopic (exact) mass is 446 g/mol. The summed E-state index contributed by atoms with van der Waals surface area (Å²) in [6.45, 7) is -0.0361. The quantitative estimate of drug-likeness (QED) is 0.752. The van der Waals surface area contributed by atoms with Crippen molar-refractivity contribution in [2.24, 2.45) is 0 Å². The highest BCUT2D eigenvalue weighted by molar-refractivity contribution is 9.10. The fourth-order valence-corrected chi connectivity index (χ4v) is 6.00. The normalized spacial score (nSPS) is 22.9. The van der Waals surface area contributed by atoms with Crippen molar-refractivity contribution in [1.29, 1.82) is 0 Å². The van der Waals surface area contributed by atoms with E-state index in [1.807, 2.05) is 0 Å². The number of halogens is 2. The van der Waals surface area contributed by atoms with Crippen LogP contribution in [0.2, 0.25) is 0 Å². The van der Waals surface area contributed by atoms with Crippen LogP contribution in [0.5, 0.6) is 0 Å². The largest absolute Gasteiger partial charge is 0.374 e. The van der Waals surface area contributed by atoms with E-state index in [-0.39, 0.29) is 41.7 Å². The SMILES string of the molecule is O=C(CNc1ccc(Br)cc1F)N(C1CCCCC1)[C@@H]1CCS(=O)(=O)C1.